The van der Waals surface area contributed by atoms with Crippen molar-refractivity contribution in [3.05, 3.63) is 65.2 Å². The molecule has 6 nitrogen and oxygen atoms in total. The summed E-state index contributed by atoms with van der Waals surface area (Å²) in [6, 6.07) is 12.0. The summed E-state index contributed by atoms with van der Waals surface area (Å²) in [5, 5.41) is 4.35. The zero-order valence-corrected chi connectivity index (χ0v) is 16.9. The van der Waals surface area contributed by atoms with Crippen molar-refractivity contribution in [2.75, 3.05) is 13.1 Å². The number of benzene rings is 1. The van der Waals surface area contributed by atoms with E-state index in [4.69, 9.17) is 4.98 Å². The predicted octanol–water partition coefficient (Wildman–Crippen LogP) is 3.31. The number of piperidine rings is 1. The Labute approximate surface area is 170 Å². The van der Waals surface area contributed by atoms with Gasteiger partial charge in [0.2, 0.25) is 0 Å². The van der Waals surface area contributed by atoms with Gasteiger partial charge in [-0.15, -0.1) is 0 Å². The maximum atomic E-state index is 13.2. The lowest BCUT2D eigenvalue weighted by atomic mass is 9.77. The summed E-state index contributed by atoms with van der Waals surface area (Å²) < 4.78 is 1.69. The number of aryl methyl sites for hydroxylation is 3. The second-order valence-corrected chi connectivity index (χ2v) is 8.34. The van der Waals surface area contributed by atoms with Gasteiger partial charge in [0.15, 0.2) is 5.82 Å². The van der Waals surface area contributed by atoms with Crippen molar-refractivity contribution in [3.8, 4) is 11.4 Å². The van der Waals surface area contributed by atoms with Crippen molar-refractivity contribution < 1.29 is 4.79 Å². The maximum absolute atomic E-state index is 13.2. The van der Waals surface area contributed by atoms with Crippen LogP contribution in [0.1, 0.15) is 46.7 Å². The number of nitrogens with zero attached hydrogens (tertiary/aromatic N) is 5. The van der Waals surface area contributed by atoms with E-state index in [-0.39, 0.29) is 11.3 Å². The van der Waals surface area contributed by atoms with Crippen LogP contribution in [0.3, 0.4) is 0 Å². The highest BCUT2D eigenvalue weighted by atomic mass is 16.2. The molecule has 0 radical (unpaired) electrons. The standard InChI is InChI=1S/C23H25N5O/c1-16-13-19(27(2)26-16)22(29)28-12-6-10-23(15-28)11-9-18-14-24-21(25-20(18)23)17-7-4-3-5-8-17/h3-5,7-8,13-14H,6,9-12,15H2,1-2H3. The van der Waals surface area contributed by atoms with Crippen LogP contribution in [0.25, 0.3) is 11.4 Å². The van der Waals surface area contributed by atoms with Crippen molar-refractivity contribution >= 4 is 5.91 Å². The van der Waals surface area contributed by atoms with Crippen LogP contribution in [0.4, 0.5) is 0 Å². The van der Waals surface area contributed by atoms with Crippen LogP contribution < -0.4 is 0 Å². The van der Waals surface area contributed by atoms with Crippen molar-refractivity contribution in [3.63, 3.8) is 0 Å². The van der Waals surface area contributed by atoms with Crippen LogP contribution in [0.2, 0.25) is 0 Å². The third kappa shape index (κ3) is 3.03. The predicted molar refractivity (Wildman–Crippen MR) is 111 cm³/mol. The molecule has 29 heavy (non-hydrogen) atoms. The van der Waals surface area contributed by atoms with Crippen LogP contribution in [0.5, 0.6) is 0 Å². The number of amides is 1. The molecule has 2 aliphatic rings. The van der Waals surface area contributed by atoms with Crippen LogP contribution in [0, 0.1) is 6.92 Å². The van der Waals surface area contributed by atoms with E-state index in [9.17, 15) is 4.79 Å². The van der Waals surface area contributed by atoms with Crippen molar-refractivity contribution in [2.45, 2.75) is 38.0 Å². The minimum absolute atomic E-state index is 0.0661. The van der Waals surface area contributed by atoms with Gasteiger partial charge in [-0.1, -0.05) is 30.3 Å². The van der Waals surface area contributed by atoms with Crippen LogP contribution >= 0.6 is 0 Å². The average Bonchev–Trinajstić information content (AvgIpc) is 3.27. The van der Waals surface area contributed by atoms with Gasteiger partial charge < -0.3 is 4.90 Å². The monoisotopic (exact) mass is 387 g/mol. The molecular weight excluding hydrogens is 362 g/mol. The van der Waals surface area contributed by atoms with Crippen LogP contribution in [0.15, 0.2) is 42.6 Å². The Balaban J connectivity index is 1.48. The Morgan fingerprint density at radius 2 is 2.00 bits per heavy atom. The van der Waals surface area contributed by atoms with Gasteiger partial charge >= 0.3 is 0 Å². The van der Waals surface area contributed by atoms with E-state index in [0.717, 1.165) is 55.0 Å². The normalized spacial score (nSPS) is 20.8. The lowest BCUT2D eigenvalue weighted by molar-refractivity contribution is 0.0622. The number of hydrogen-bond acceptors (Lipinski definition) is 4. The fourth-order valence-electron chi connectivity index (χ4n) is 4.94. The smallest absolute Gasteiger partial charge is 0.272 e. The van der Waals surface area contributed by atoms with Crippen LogP contribution in [-0.4, -0.2) is 43.6 Å². The SMILES string of the molecule is Cc1cc(C(=O)N2CCCC3(CCc4cnc(-c5ccccc5)nc43)C2)n(C)n1. The first-order valence-electron chi connectivity index (χ1n) is 10.3. The van der Waals surface area contributed by atoms with Gasteiger partial charge in [-0.2, -0.15) is 5.10 Å². The zero-order chi connectivity index (χ0) is 20.0. The van der Waals surface area contributed by atoms with Gasteiger partial charge in [0.1, 0.15) is 5.69 Å². The molecule has 3 aromatic rings. The highest BCUT2D eigenvalue weighted by Crippen LogP contribution is 2.44. The molecule has 5 rings (SSSR count). The lowest BCUT2D eigenvalue weighted by Crippen LogP contribution is -2.48. The van der Waals surface area contributed by atoms with E-state index in [1.54, 1.807) is 4.68 Å². The van der Waals surface area contributed by atoms with E-state index >= 15 is 0 Å². The minimum atomic E-state index is -0.0661. The molecule has 0 saturated carbocycles. The molecular formula is C23H25N5O. The van der Waals surface area contributed by atoms with E-state index in [1.165, 1.54) is 5.56 Å². The number of aromatic nitrogens is 4. The number of carbonyl (C=O) groups is 1. The summed E-state index contributed by atoms with van der Waals surface area (Å²) in [6.07, 6.45) is 6.07. The maximum Gasteiger partial charge on any atom is 0.272 e. The van der Waals surface area contributed by atoms with Crippen LogP contribution in [-0.2, 0) is 18.9 Å². The van der Waals surface area contributed by atoms with Gasteiger partial charge in [0.05, 0.1) is 11.4 Å². The topological polar surface area (TPSA) is 63.9 Å². The molecule has 0 N–H and O–H groups in total. The minimum Gasteiger partial charge on any atom is -0.336 e. The van der Waals surface area contributed by atoms with Gasteiger partial charge in [-0.05, 0) is 44.2 Å². The van der Waals surface area contributed by atoms with E-state index in [0.29, 0.717) is 12.2 Å². The molecule has 1 aromatic carbocycles. The van der Waals surface area contributed by atoms with E-state index in [1.807, 2.05) is 61.5 Å². The lowest BCUT2D eigenvalue weighted by Gasteiger charge is -2.40. The molecule has 1 saturated heterocycles. The highest BCUT2D eigenvalue weighted by Gasteiger charge is 2.45. The molecule has 1 aliphatic heterocycles. The number of fused-ring (bicyclic) bond motifs is 2. The third-order valence-corrected chi connectivity index (χ3v) is 6.36. The summed E-state index contributed by atoms with van der Waals surface area (Å²) in [5.74, 6) is 0.842. The fourth-order valence-corrected chi connectivity index (χ4v) is 4.94. The Bertz CT molecular complexity index is 1070. The molecule has 1 aliphatic carbocycles. The molecule has 3 heterocycles. The number of carbonyl (C=O) groups excluding carboxylic acids is 1. The highest BCUT2D eigenvalue weighted by molar-refractivity contribution is 5.93. The molecule has 1 atom stereocenters. The Morgan fingerprint density at radius 3 is 2.76 bits per heavy atom. The van der Waals surface area contributed by atoms with Gasteiger partial charge in [0, 0.05) is 37.3 Å². The molecule has 0 bridgehead atoms. The first-order chi connectivity index (χ1) is 14.1. The van der Waals surface area contributed by atoms with Crippen molar-refractivity contribution in [1.82, 2.24) is 24.6 Å². The number of likely N-dealkylation sites (tertiary alicyclic amines) is 1. The molecule has 1 unspecified atom stereocenters. The average molecular weight is 387 g/mol. The summed E-state index contributed by atoms with van der Waals surface area (Å²) in [5.41, 5.74) is 4.87. The molecule has 1 fully saturated rings. The first kappa shape index (κ1) is 18.0. The van der Waals surface area contributed by atoms with Crippen molar-refractivity contribution in [2.24, 2.45) is 7.05 Å². The second-order valence-electron chi connectivity index (χ2n) is 8.34. The Kier molecular flexibility index (Phi) is 4.23. The van der Waals surface area contributed by atoms with Gasteiger partial charge in [-0.25, -0.2) is 9.97 Å². The quantitative estimate of drug-likeness (QED) is 0.677. The first-order valence-corrected chi connectivity index (χ1v) is 10.3. The second kappa shape index (κ2) is 6.79. The summed E-state index contributed by atoms with van der Waals surface area (Å²) >= 11 is 0. The van der Waals surface area contributed by atoms with Crippen molar-refractivity contribution in [1.29, 1.82) is 0 Å². The summed E-state index contributed by atoms with van der Waals surface area (Å²) in [7, 11) is 1.84. The molecule has 6 heteroatoms. The number of hydrogen-bond donors (Lipinski definition) is 0. The van der Waals surface area contributed by atoms with E-state index in [2.05, 4.69) is 10.1 Å². The van der Waals surface area contributed by atoms with E-state index < -0.39 is 0 Å². The summed E-state index contributed by atoms with van der Waals surface area (Å²) in [4.78, 5) is 24.8. The summed E-state index contributed by atoms with van der Waals surface area (Å²) in [6.45, 7) is 3.43. The zero-order valence-electron chi connectivity index (χ0n) is 16.9. The van der Waals surface area contributed by atoms with Gasteiger partial charge in [-0.3, -0.25) is 9.48 Å². The fraction of sp³-hybridized carbons (Fsp3) is 0.391. The largest absolute Gasteiger partial charge is 0.336 e. The Hall–Kier alpha value is -3.02. The molecule has 1 spiro atoms. The molecule has 1 amide bonds. The number of rotatable bonds is 2. The molecule has 148 valence electrons. The molecule has 2 aromatic heterocycles. The third-order valence-electron chi connectivity index (χ3n) is 6.36. The van der Waals surface area contributed by atoms with Gasteiger partial charge in [0.25, 0.3) is 5.91 Å². The Morgan fingerprint density at radius 1 is 1.17 bits per heavy atom.